The predicted molar refractivity (Wildman–Crippen MR) is 97.0 cm³/mol. The Morgan fingerprint density at radius 3 is 2.44 bits per heavy atom. The van der Waals surface area contributed by atoms with Crippen LogP contribution in [0.3, 0.4) is 0 Å². The Hall–Kier alpha value is -2.81. The zero-order chi connectivity index (χ0) is 18.7. The van der Waals surface area contributed by atoms with Gasteiger partial charge in [-0.2, -0.15) is 5.26 Å². The number of nitrogens with zero attached hydrogens (tertiary/aromatic N) is 1. The van der Waals surface area contributed by atoms with Crippen LogP contribution in [-0.2, 0) is 9.59 Å². The van der Waals surface area contributed by atoms with Gasteiger partial charge in [0.25, 0.3) is 5.91 Å². The fraction of sp³-hybridized carbons (Fsp3) is 0.421. The van der Waals surface area contributed by atoms with Gasteiger partial charge in [0, 0.05) is 24.9 Å². The van der Waals surface area contributed by atoms with Crippen molar-refractivity contribution in [2.45, 2.75) is 45.4 Å². The molecule has 6 heteroatoms. The predicted octanol–water partition coefficient (Wildman–Crippen LogP) is 3.39. The van der Waals surface area contributed by atoms with Gasteiger partial charge >= 0.3 is 5.97 Å². The van der Waals surface area contributed by atoms with Crippen molar-refractivity contribution >= 4 is 17.6 Å². The summed E-state index contributed by atoms with van der Waals surface area (Å²) in [7, 11) is 0. The van der Waals surface area contributed by atoms with Crippen molar-refractivity contribution in [2.75, 3.05) is 11.9 Å². The first-order chi connectivity index (χ1) is 11.9. The molecule has 0 saturated carbocycles. The van der Waals surface area contributed by atoms with Crippen LogP contribution in [0.2, 0.25) is 0 Å². The highest BCUT2D eigenvalue weighted by Gasteiger charge is 2.08. The fourth-order valence-electron chi connectivity index (χ4n) is 2.14. The second-order valence-electron chi connectivity index (χ2n) is 6.05. The number of carboxylic acid groups (broad SMARTS) is 1. The lowest BCUT2D eigenvalue weighted by Crippen LogP contribution is -2.26. The van der Waals surface area contributed by atoms with Crippen LogP contribution < -0.4 is 10.6 Å². The van der Waals surface area contributed by atoms with Gasteiger partial charge in [-0.15, -0.1) is 0 Å². The van der Waals surface area contributed by atoms with Gasteiger partial charge in [-0.05, 0) is 36.5 Å². The summed E-state index contributed by atoms with van der Waals surface area (Å²) < 4.78 is 0. The highest BCUT2D eigenvalue weighted by Crippen LogP contribution is 2.17. The summed E-state index contributed by atoms with van der Waals surface area (Å²) in [5.41, 5.74) is 2.02. The molecule has 1 amide bonds. The van der Waals surface area contributed by atoms with Gasteiger partial charge in [-0.1, -0.05) is 32.4 Å². The van der Waals surface area contributed by atoms with Crippen molar-refractivity contribution in [2.24, 2.45) is 0 Å². The number of amides is 1. The van der Waals surface area contributed by atoms with Crippen LogP contribution in [0.25, 0.3) is 0 Å². The Morgan fingerprint density at radius 2 is 1.88 bits per heavy atom. The van der Waals surface area contributed by atoms with Gasteiger partial charge in [-0.25, -0.2) is 0 Å². The van der Waals surface area contributed by atoms with E-state index in [4.69, 9.17) is 10.4 Å². The minimum atomic E-state index is -0.814. The number of hydrogen-bond donors (Lipinski definition) is 3. The van der Waals surface area contributed by atoms with E-state index < -0.39 is 11.9 Å². The summed E-state index contributed by atoms with van der Waals surface area (Å²) in [5, 5.41) is 23.3. The van der Waals surface area contributed by atoms with E-state index in [2.05, 4.69) is 24.5 Å². The number of hydrogen-bond acceptors (Lipinski definition) is 4. The molecule has 0 spiro atoms. The molecule has 0 fully saturated rings. The normalized spacial score (nSPS) is 11.0. The second kappa shape index (κ2) is 10.9. The minimum Gasteiger partial charge on any atom is -0.481 e. The highest BCUT2D eigenvalue weighted by molar-refractivity contribution is 5.97. The van der Waals surface area contributed by atoms with Crippen molar-refractivity contribution < 1.29 is 14.7 Å². The van der Waals surface area contributed by atoms with Crippen LogP contribution in [-0.4, -0.2) is 23.5 Å². The Morgan fingerprint density at radius 1 is 1.20 bits per heavy atom. The van der Waals surface area contributed by atoms with Crippen LogP contribution in [0, 0.1) is 11.3 Å². The Balaban J connectivity index is 2.43. The molecule has 1 aromatic carbocycles. The third kappa shape index (κ3) is 8.02. The molecule has 0 bridgehead atoms. The number of nitrogens with one attached hydrogen (secondary N) is 2. The molecule has 0 atom stereocenters. The monoisotopic (exact) mass is 343 g/mol. The smallest absolute Gasteiger partial charge is 0.303 e. The molecule has 1 aromatic rings. The van der Waals surface area contributed by atoms with Crippen LogP contribution in [0.1, 0.15) is 51.0 Å². The van der Waals surface area contributed by atoms with E-state index in [1.54, 1.807) is 0 Å². The standard InChI is InChI=1S/C19H25N3O3/c1-14(2)15-7-9-17(10-8-15)22-13-16(12-20)19(25)21-11-5-3-4-6-18(23)24/h7-10,13-14,22H,3-6,11H2,1-2H3,(H,21,25)(H,23,24)/b16-13-. The summed E-state index contributed by atoms with van der Waals surface area (Å²) in [6.45, 7) is 4.64. The summed E-state index contributed by atoms with van der Waals surface area (Å²) in [5.74, 6) is -0.807. The van der Waals surface area contributed by atoms with E-state index in [0.717, 1.165) is 12.1 Å². The van der Waals surface area contributed by atoms with Gasteiger partial charge in [0.2, 0.25) is 0 Å². The average Bonchev–Trinajstić information content (AvgIpc) is 2.58. The zero-order valence-electron chi connectivity index (χ0n) is 14.7. The van der Waals surface area contributed by atoms with Gasteiger partial charge in [0.15, 0.2) is 0 Å². The number of carbonyl (C=O) groups is 2. The maximum absolute atomic E-state index is 11.9. The molecular weight excluding hydrogens is 318 g/mol. The Bertz CT molecular complexity index is 643. The van der Waals surface area contributed by atoms with Gasteiger partial charge < -0.3 is 15.7 Å². The number of carbonyl (C=O) groups excluding carboxylic acids is 1. The second-order valence-corrected chi connectivity index (χ2v) is 6.05. The zero-order valence-corrected chi connectivity index (χ0v) is 14.7. The molecule has 3 N–H and O–H groups in total. The lowest BCUT2D eigenvalue weighted by molar-refractivity contribution is -0.137. The molecule has 134 valence electrons. The molecule has 0 aliphatic heterocycles. The van der Waals surface area contributed by atoms with E-state index in [0.29, 0.717) is 25.3 Å². The molecule has 6 nitrogen and oxygen atoms in total. The van der Waals surface area contributed by atoms with E-state index >= 15 is 0 Å². The third-order valence-corrected chi connectivity index (χ3v) is 3.68. The molecule has 0 unspecified atom stereocenters. The Kier molecular flexibility index (Phi) is 8.80. The number of unbranched alkanes of at least 4 members (excludes halogenated alkanes) is 2. The van der Waals surface area contributed by atoms with Crippen molar-refractivity contribution in [3.8, 4) is 6.07 Å². The molecule has 0 radical (unpaired) electrons. The van der Waals surface area contributed by atoms with Crippen molar-refractivity contribution in [3.05, 3.63) is 41.6 Å². The first-order valence-corrected chi connectivity index (χ1v) is 8.40. The molecular formula is C19H25N3O3. The van der Waals surface area contributed by atoms with Gasteiger partial charge in [-0.3, -0.25) is 9.59 Å². The molecule has 0 aliphatic rings. The fourth-order valence-corrected chi connectivity index (χ4v) is 2.14. The van der Waals surface area contributed by atoms with Crippen LogP contribution in [0.4, 0.5) is 5.69 Å². The molecule has 1 rings (SSSR count). The quantitative estimate of drug-likeness (QED) is 0.343. The lowest BCUT2D eigenvalue weighted by Gasteiger charge is -2.07. The molecule has 0 aromatic heterocycles. The van der Waals surface area contributed by atoms with Crippen LogP contribution >= 0.6 is 0 Å². The lowest BCUT2D eigenvalue weighted by atomic mass is 10.0. The Labute approximate surface area is 148 Å². The number of carboxylic acids is 1. The van der Waals surface area contributed by atoms with Crippen molar-refractivity contribution in [3.63, 3.8) is 0 Å². The number of benzene rings is 1. The SMILES string of the molecule is CC(C)c1ccc(N/C=C(/C#N)C(=O)NCCCCCC(=O)O)cc1. The van der Waals surface area contributed by atoms with E-state index in [1.807, 2.05) is 30.3 Å². The largest absolute Gasteiger partial charge is 0.481 e. The number of rotatable bonds is 10. The van der Waals surface area contributed by atoms with E-state index in [1.165, 1.54) is 11.8 Å². The maximum atomic E-state index is 11.9. The average molecular weight is 343 g/mol. The number of nitriles is 1. The van der Waals surface area contributed by atoms with E-state index in [9.17, 15) is 9.59 Å². The topological polar surface area (TPSA) is 102 Å². The van der Waals surface area contributed by atoms with Crippen LogP contribution in [0.15, 0.2) is 36.0 Å². The van der Waals surface area contributed by atoms with Gasteiger partial charge in [0.05, 0.1) is 0 Å². The molecule has 25 heavy (non-hydrogen) atoms. The third-order valence-electron chi connectivity index (χ3n) is 3.68. The minimum absolute atomic E-state index is 0.00141. The molecule has 0 aliphatic carbocycles. The first kappa shape index (κ1) is 20.2. The highest BCUT2D eigenvalue weighted by atomic mass is 16.4. The van der Waals surface area contributed by atoms with Crippen molar-refractivity contribution in [1.29, 1.82) is 5.26 Å². The van der Waals surface area contributed by atoms with Gasteiger partial charge in [0.1, 0.15) is 11.6 Å². The number of anilines is 1. The summed E-state index contributed by atoms with van der Waals surface area (Å²) >= 11 is 0. The molecule has 0 saturated heterocycles. The molecule has 0 heterocycles. The van der Waals surface area contributed by atoms with Crippen molar-refractivity contribution in [1.82, 2.24) is 5.32 Å². The van der Waals surface area contributed by atoms with Crippen LogP contribution in [0.5, 0.6) is 0 Å². The first-order valence-electron chi connectivity index (χ1n) is 8.40. The van der Waals surface area contributed by atoms with E-state index in [-0.39, 0.29) is 12.0 Å². The summed E-state index contributed by atoms with van der Waals surface area (Å²) in [6.07, 6.45) is 3.52. The summed E-state index contributed by atoms with van der Waals surface area (Å²) in [4.78, 5) is 22.3. The number of aliphatic carboxylic acids is 1. The maximum Gasteiger partial charge on any atom is 0.303 e. The summed E-state index contributed by atoms with van der Waals surface area (Å²) in [6, 6.07) is 9.69.